The van der Waals surface area contributed by atoms with E-state index in [9.17, 15) is 13.5 Å². The highest BCUT2D eigenvalue weighted by Gasteiger charge is 2.50. The van der Waals surface area contributed by atoms with Gasteiger partial charge in [0.05, 0.1) is 18.6 Å². The molecule has 3 heterocycles. The average Bonchev–Trinajstić information content (AvgIpc) is 2.88. The molecule has 2 aromatic carbocycles. The fourth-order valence-electron chi connectivity index (χ4n) is 5.47. The minimum Gasteiger partial charge on any atom is -0.497 e. The van der Waals surface area contributed by atoms with Crippen LogP contribution in [0.1, 0.15) is 24.3 Å². The molecule has 35 heavy (non-hydrogen) atoms. The molecule has 0 radical (unpaired) electrons. The van der Waals surface area contributed by atoms with Gasteiger partial charge in [-0.1, -0.05) is 36.4 Å². The molecule has 0 saturated carbocycles. The maximum atomic E-state index is 13.6. The number of sulfonamides is 1. The van der Waals surface area contributed by atoms with Gasteiger partial charge in [-0.05, 0) is 54.3 Å². The summed E-state index contributed by atoms with van der Waals surface area (Å²) in [5, 5.41) is 10.2. The number of aliphatic hydroxyl groups excluding tert-OH is 1. The average molecular weight is 494 g/mol. The fourth-order valence-corrected chi connectivity index (χ4v) is 7.00. The summed E-state index contributed by atoms with van der Waals surface area (Å²) in [6.07, 6.45) is 5.28. The van der Waals surface area contributed by atoms with E-state index in [0.29, 0.717) is 18.8 Å². The zero-order valence-electron chi connectivity index (χ0n) is 19.8. The second-order valence-electron chi connectivity index (χ2n) is 9.19. The van der Waals surface area contributed by atoms with Gasteiger partial charge in [-0.2, -0.15) is 4.31 Å². The predicted molar refractivity (Wildman–Crippen MR) is 135 cm³/mol. The van der Waals surface area contributed by atoms with E-state index in [1.165, 1.54) is 7.11 Å². The molecule has 1 aromatic heterocycles. The first-order valence-corrected chi connectivity index (χ1v) is 13.5. The van der Waals surface area contributed by atoms with Gasteiger partial charge in [-0.25, -0.2) is 8.42 Å². The minimum atomic E-state index is -3.67. The van der Waals surface area contributed by atoms with Gasteiger partial charge in [-0.3, -0.25) is 9.88 Å². The molecule has 2 aliphatic heterocycles. The summed E-state index contributed by atoms with van der Waals surface area (Å²) >= 11 is 0. The lowest BCUT2D eigenvalue weighted by Crippen LogP contribution is -2.67. The molecule has 3 atom stereocenters. The molecule has 2 fully saturated rings. The van der Waals surface area contributed by atoms with Crippen LogP contribution in [0.4, 0.5) is 0 Å². The molecule has 3 aromatic rings. The molecule has 184 valence electrons. The molecule has 0 amide bonds. The van der Waals surface area contributed by atoms with Crippen molar-refractivity contribution in [3.8, 4) is 16.9 Å². The summed E-state index contributed by atoms with van der Waals surface area (Å²) in [6.45, 7) is 1.80. The second-order valence-corrected chi connectivity index (χ2v) is 11.1. The molecule has 2 aliphatic rings. The van der Waals surface area contributed by atoms with E-state index < -0.39 is 10.0 Å². The Morgan fingerprint density at radius 2 is 1.83 bits per heavy atom. The van der Waals surface area contributed by atoms with Crippen molar-refractivity contribution in [3.63, 3.8) is 0 Å². The third-order valence-corrected chi connectivity index (χ3v) is 9.16. The highest BCUT2D eigenvalue weighted by atomic mass is 32.2. The Kier molecular flexibility index (Phi) is 6.88. The Morgan fingerprint density at radius 3 is 2.54 bits per heavy atom. The van der Waals surface area contributed by atoms with E-state index in [2.05, 4.69) is 34.1 Å². The van der Waals surface area contributed by atoms with E-state index in [1.807, 2.05) is 18.3 Å². The normalized spacial score (nSPS) is 23.5. The van der Waals surface area contributed by atoms with Crippen molar-refractivity contribution >= 4 is 10.0 Å². The van der Waals surface area contributed by atoms with Crippen molar-refractivity contribution in [2.45, 2.75) is 35.7 Å². The third-order valence-electron chi connectivity index (χ3n) is 7.30. The number of aromatic nitrogens is 1. The smallest absolute Gasteiger partial charge is 0.243 e. The maximum Gasteiger partial charge on any atom is 0.243 e. The van der Waals surface area contributed by atoms with Crippen LogP contribution >= 0.6 is 0 Å². The van der Waals surface area contributed by atoms with Crippen LogP contribution in [0.15, 0.2) is 78.0 Å². The zero-order chi connectivity index (χ0) is 24.4. The molecule has 0 unspecified atom stereocenters. The van der Waals surface area contributed by atoms with Gasteiger partial charge in [0.1, 0.15) is 5.75 Å². The van der Waals surface area contributed by atoms with Crippen molar-refractivity contribution in [3.05, 3.63) is 78.6 Å². The molecule has 0 bridgehead atoms. The lowest BCUT2D eigenvalue weighted by molar-refractivity contribution is -0.0553. The Hall–Kier alpha value is -2.78. The molecule has 8 heteroatoms. The predicted octanol–water partition coefficient (Wildman–Crippen LogP) is 3.37. The molecule has 1 N–H and O–H groups in total. The molecule has 5 rings (SSSR count). The topological polar surface area (TPSA) is 83.0 Å². The second kappa shape index (κ2) is 10.1. The van der Waals surface area contributed by atoms with Crippen LogP contribution in [0.25, 0.3) is 11.1 Å². The van der Waals surface area contributed by atoms with Crippen molar-refractivity contribution in [2.75, 3.05) is 33.4 Å². The van der Waals surface area contributed by atoms with E-state index in [1.54, 1.807) is 34.8 Å². The lowest BCUT2D eigenvalue weighted by atomic mass is 9.74. The number of rotatable bonds is 6. The number of nitrogens with zero attached hydrogens (tertiary/aromatic N) is 3. The van der Waals surface area contributed by atoms with Crippen LogP contribution in [0.2, 0.25) is 0 Å². The van der Waals surface area contributed by atoms with Crippen LogP contribution in [0.5, 0.6) is 5.75 Å². The van der Waals surface area contributed by atoms with Crippen LogP contribution in [0, 0.1) is 0 Å². The number of aliphatic hydroxyl groups is 1. The summed E-state index contributed by atoms with van der Waals surface area (Å²) in [6, 6.07) is 19.0. The molecular formula is C27H31N3O4S. The molecular weight excluding hydrogens is 462 g/mol. The Morgan fingerprint density at radius 1 is 1.03 bits per heavy atom. The van der Waals surface area contributed by atoms with Crippen molar-refractivity contribution in [2.24, 2.45) is 0 Å². The number of ether oxygens (including phenoxy) is 1. The van der Waals surface area contributed by atoms with Crippen molar-refractivity contribution in [1.29, 1.82) is 0 Å². The largest absolute Gasteiger partial charge is 0.497 e. The Balaban J connectivity index is 1.42. The van der Waals surface area contributed by atoms with E-state index >= 15 is 0 Å². The van der Waals surface area contributed by atoms with E-state index in [0.717, 1.165) is 36.1 Å². The minimum absolute atomic E-state index is 0.0104. The summed E-state index contributed by atoms with van der Waals surface area (Å²) in [5.41, 5.74) is 3.25. The third kappa shape index (κ3) is 4.59. The summed E-state index contributed by atoms with van der Waals surface area (Å²) < 4.78 is 34.0. The first-order valence-electron chi connectivity index (χ1n) is 12.0. The molecule has 7 nitrogen and oxygen atoms in total. The van der Waals surface area contributed by atoms with Gasteiger partial charge in [0.25, 0.3) is 0 Å². The SMILES string of the molecule is COc1cccc(S(=O)(=O)N2CCCCN3[C@H](C2)[C@@H](c2ccc(-c4cccnc4)cc2)[C@@H]3CO)c1. The van der Waals surface area contributed by atoms with Crippen molar-refractivity contribution in [1.82, 2.24) is 14.2 Å². The fraction of sp³-hybridized carbons (Fsp3) is 0.370. The van der Waals surface area contributed by atoms with Gasteiger partial charge >= 0.3 is 0 Å². The van der Waals surface area contributed by atoms with Crippen LogP contribution in [-0.4, -0.2) is 73.1 Å². The van der Waals surface area contributed by atoms with Crippen molar-refractivity contribution < 1.29 is 18.3 Å². The van der Waals surface area contributed by atoms with Gasteiger partial charge in [-0.15, -0.1) is 0 Å². The standard InChI is InChI=1S/C27H31N3O4S/c1-34-23-7-4-8-24(16-23)35(32,33)29-14-2-3-15-30-25(18-29)27(26(30)19-31)21-11-9-20(10-12-21)22-6-5-13-28-17-22/h4-13,16-17,25-27,31H,2-3,14-15,18-19H2,1H3/t25-,26+,27-/m1/s1. The lowest BCUT2D eigenvalue weighted by Gasteiger charge is -2.57. The summed E-state index contributed by atoms with van der Waals surface area (Å²) in [4.78, 5) is 6.74. The highest BCUT2D eigenvalue weighted by molar-refractivity contribution is 7.89. The Bertz CT molecular complexity index is 1250. The van der Waals surface area contributed by atoms with Gasteiger partial charge in [0.15, 0.2) is 0 Å². The molecule has 2 saturated heterocycles. The zero-order valence-corrected chi connectivity index (χ0v) is 20.6. The number of pyridine rings is 1. The molecule has 0 spiro atoms. The highest BCUT2D eigenvalue weighted by Crippen LogP contribution is 2.43. The number of hydrogen-bond acceptors (Lipinski definition) is 6. The summed E-state index contributed by atoms with van der Waals surface area (Å²) in [5.74, 6) is 0.583. The quantitative estimate of drug-likeness (QED) is 0.567. The summed E-state index contributed by atoms with van der Waals surface area (Å²) in [7, 11) is -2.14. The maximum absolute atomic E-state index is 13.6. The number of hydrogen-bond donors (Lipinski definition) is 1. The van der Waals surface area contributed by atoms with Gasteiger partial charge in [0, 0.05) is 49.6 Å². The Labute approximate surface area is 207 Å². The first kappa shape index (κ1) is 23.9. The monoisotopic (exact) mass is 493 g/mol. The number of fused-ring (bicyclic) bond motifs is 1. The van der Waals surface area contributed by atoms with Crippen LogP contribution in [-0.2, 0) is 10.0 Å². The van der Waals surface area contributed by atoms with Crippen LogP contribution in [0.3, 0.4) is 0 Å². The number of benzene rings is 2. The van der Waals surface area contributed by atoms with Crippen LogP contribution < -0.4 is 4.74 Å². The van der Waals surface area contributed by atoms with Gasteiger partial charge < -0.3 is 9.84 Å². The molecule has 0 aliphatic carbocycles. The van der Waals surface area contributed by atoms with E-state index in [4.69, 9.17) is 4.74 Å². The van der Waals surface area contributed by atoms with E-state index in [-0.39, 0.29) is 29.5 Å². The van der Waals surface area contributed by atoms with Gasteiger partial charge in [0.2, 0.25) is 10.0 Å². The first-order chi connectivity index (χ1) is 17.0. The number of methoxy groups -OCH3 is 1.